The van der Waals surface area contributed by atoms with Gasteiger partial charge < -0.3 is 5.73 Å². The number of halogens is 1. The number of alkyl halides is 1. The van der Waals surface area contributed by atoms with Crippen molar-refractivity contribution in [3.8, 4) is 0 Å². The molecular formula is C5H12FN. The molecule has 0 aromatic carbocycles. The fourth-order valence-corrected chi connectivity index (χ4v) is 0.0945. The predicted molar refractivity (Wildman–Crippen MR) is 28.9 cm³/mol. The van der Waals surface area contributed by atoms with Crippen LogP contribution in [0.25, 0.3) is 0 Å². The van der Waals surface area contributed by atoms with Crippen LogP contribution >= 0.6 is 0 Å². The molecule has 0 aliphatic carbocycles. The van der Waals surface area contributed by atoms with E-state index in [4.69, 9.17) is 5.73 Å². The molecule has 44 valence electrons. The van der Waals surface area contributed by atoms with E-state index in [1.807, 2.05) is 6.92 Å². The van der Waals surface area contributed by atoms with Gasteiger partial charge >= 0.3 is 0 Å². The average molecular weight is 105 g/mol. The van der Waals surface area contributed by atoms with Crippen LogP contribution in [0.2, 0.25) is 0 Å². The molecule has 1 atom stereocenters. The lowest BCUT2D eigenvalue weighted by Crippen LogP contribution is -2.37. The Morgan fingerprint density at radius 3 is 2.14 bits per heavy atom. The first-order chi connectivity index (χ1) is 3.12. The van der Waals surface area contributed by atoms with E-state index in [1.54, 1.807) is 6.92 Å². The average Bonchev–Trinajstić information content (AvgIpc) is 1.68. The van der Waals surface area contributed by atoms with Gasteiger partial charge in [0.25, 0.3) is 0 Å². The van der Waals surface area contributed by atoms with Gasteiger partial charge in [0.1, 0.15) is 6.67 Å². The zero-order valence-corrected chi connectivity index (χ0v) is 4.87. The van der Waals surface area contributed by atoms with Gasteiger partial charge in [0.2, 0.25) is 0 Å². The summed E-state index contributed by atoms with van der Waals surface area (Å²) in [7, 11) is 0. The molecule has 0 radical (unpaired) electrons. The SMILES string of the molecule is CCC(C)(N)CF. The molecule has 1 unspecified atom stereocenters. The van der Waals surface area contributed by atoms with E-state index in [0.717, 1.165) is 0 Å². The largest absolute Gasteiger partial charge is 0.323 e. The number of rotatable bonds is 2. The molecule has 1 nitrogen and oxygen atoms in total. The van der Waals surface area contributed by atoms with Crippen molar-refractivity contribution < 1.29 is 4.39 Å². The van der Waals surface area contributed by atoms with Gasteiger partial charge in [0, 0.05) is 5.54 Å². The fraction of sp³-hybridized carbons (Fsp3) is 1.00. The summed E-state index contributed by atoms with van der Waals surface area (Å²) in [5.41, 5.74) is 4.76. The summed E-state index contributed by atoms with van der Waals surface area (Å²) in [5.74, 6) is 0. The molecule has 0 heterocycles. The molecule has 0 bridgehead atoms. The smallest absolute Gasteiger partial charge is 0.107 e. The van der Waals surface area contributed by atoms with Crippen molar-refractivity contribution in [2.45, 2.75) is 25.8 Å². The molecule has 0 amide bonds. The monoisotopic (exact) mass is 105 g/mol. The molecule has 0 fully saturated rings. The molecular weight excluding hydrogens is 93.1 g/mol. The maximum absolute atomic E-state index is 11.6. The second-order valence-electron chi connectivity index (χ2n) is 2.14. The van der Waals surface area contributed by atoms with E-state index in [2.05, 4.69) is 0 Å². The third kappa shape index (κ3) is 2.57. The van der Waals surface area contributed by atoms with Crippen molar-refractivity contribution in [1.29, 1.82) is 0 Å². The van der Waals surface area contributed by atoms with Crippen LogP contribution in [0.1, 0.15) is 20.3 Å². The topological polar surface area (TPSA) is 26.0 Å². The summed E-state index contributed by atoms with van der Waals surface area (Å²) >= 11 is 0. The highest BCUT2D eigenvalue weighted by Gasteiger charge is 2.13. The van der Waals surface area contributed by atoms with Gasteiger partial charge in [-0.1, -0.05) is 6.92 Å². The molecule has 0 saturated heterocycles. The van der Waals surface area contributed by atoms with Crippen molar-refractivity contribution in [1.82, 2.24) is 0 Å². The second-order valence-corrected chi connectivity index (χ2v) is 2.14. The van der Waals surface area contributed by atoms with Crippen molar-refractivity contribution in [2.24, 2.45) is 5.73 Å². The van der Waals surface area contributed by atoms with Crippen LogP contribution in [0.4, 0.5) is 4.39 Å². The summed E-state index contributed by atoms with van der Waals surface area (Å²) in [4.78, 5) is 0. The third-order valence-corrected chi connectivity index (χ3v) is 1.11. The fourth-order valence-electron chi connectivity index (χ4n) is 0.0945. The molecule has 0 spiro atoms. The van der Waals surface area contributed by atoms with Crippen molar-refractivity contribution in [2.75, 3.05) is 6.67 Å². The van der Waals surface area contributed by atoms with Crippen LogP contribution in [-0.2, 0) is 0 Å². The minimum atomic E-state index is -0.583. The van der Waals surface area contributed by atoms with Gasteiger partial charge in [-0.05, 0) is 13.3 Å². The van der Waals surface area contributed by atoms with E-state index >= 15 is 0 Å². The Bertz CT molecular complexity index is 46.0. The maximum atomic E-state index is 11.6. The van der Waals surface area contributed by atoms with E-state index in [1.165, 1.54) is 0 Å². The molecule has 0 saturated carbocycles. The highest BCUT2D eigenvalue weighted by molar-refractivity contribution is 4.74. The summed E-state index contributed by atoms with van der Waals surface area (Å²) in [6, 6.07) is 0. The van der Waals surface area contributed by atoms with Crippen LogP contribution in [0.5, 0.6) is 0 Å². The van der Waals surface area contributed by atoms with E-state index in [-0.39, 0.29) is 0 Å². The molecule has 0 rings (SSSR count). The summed E-state index contributed by atoms with van der Waals surface area (Å²) in [6.07, 6.45) is 0.698. The zero-order valence-electron chi connectivity index (χ0n) is 4.87. The molecule has 2 N–H and O–H groups in total. The summed E-state index contributed by atoms with van der Waals surface area (Å²) in [6.45, 7) is 3.15. The second kappa shape index (κ2) is 2.26. The minimum absolute atomic E-state index is 0.427. The van der Waals surface area contributed by atoms with E-state index < -0.39 is 12.2 Å². The summed E-state index contributed by atoms with van der Waals surface area (Å²) < 4.78 is 11.6. The summed E-state index contributed by atoms with van der Waals surface area (Å²) in [5, 5.41) is 0. The number of hydrogen-bond acceptors (Lipinski definition) is 1. The Labute approximate surface area is 43.7 Å². The molecule has 0 aromatic rings. The van der Waals surface area contributed by atoms with Gasteiger partial charge in [-0.25, -0.2) is 4.39 Å². The van der Waals surface area contributed by atoms with Gasteiger partial charge in [0.05, 0.1) is 0 Å². The Balaban J connectivity index is 3.36. The van der Waals surface area contributed by atoms with Gasteiger partial charge in [0.15, 0.2) is 0 Å². The van der Waals surface area contributed by atoms with Crippen LogP contribution < -0.4 is 5.73 Å². The van der Waals surface area contributed by atoms with Gasteiger partial charge in [-0.3, -0.25) is 0 Å². The molecule has 7 heavy (non-hydrogen) atoms. The van der Waals surface area contributed by atoms with E-state index in [0.29, 0.717) is 6.42 Å². The van der Waals surface area contributed by atoms with Crippen LogP contribution in [0.15, 0.2) is 0 Å². The van der Waals surface area contributed by atoms with Crippen molar-refractivity contribution in [3.63, 3.8) is 0 Å². The molecule has 0 aliphatic rings. The lowest BCUT2D eigenvalue weighted by molar-refractivity contribution is 0.321. The third-order valence-electron chi connectivity index (χ3n) is 1.11. The maximum Gasteiger partial charge on any atom is 0.107 e. The highest BCUT2D eigenvalue weighted by atomic mass is 19.1. The predicted octanol–water partition coefficient (Wildman–Crippen LogP) is 1.08. The van der Waals surface area contributed by atoms with Crippen LogP contribution in [0, 0.1) is 0 Å². The van der Waals surface area contributed by atoms with Gasteiger partial charge in [-0.2, -0.15) is 0 Å². The Morgan fingerprint density at radius 1 is 1.71 bits per heavy atom. The number of nitrogens with two attached hydrogens (primary N) is 1. The Hall–Kier alpha value is -0.110. The normalized spacial score (nSPS) is 18.9. The first-order valence-electron chi connectivity index (χ1n) is 2.47. The quantitative estimate of drug-likeness (QED) is 0.558. The van der Waals surface area contributed by atoms with E-state index in [9.17, 15) is 4.39 Å². The standard InChI is InChI=1S/C5H12FN/c1-3-5(2,7)4-6/h3-4,7H2,1-2H3. The van der Waals surface area contributed by atoms with Gasteiger partial charge in [-0.15, -0.1) is 0 Å². The lowest BCUT2D eigenvalue weighted by Gasteiger charge is -2.16. The van der Waals surface area contributed by atoms with Crippen molar-refractivity contribution >= 4 is 0 Å². The molecule has 0 aromatic heterocycles. The zero-order chi connectivity index (χ0) is 5.91. The molecule has 0 aliphatic heterocycles. The molecule has 2 heteroatoms. The van der Waals surface area contributed by atoms with Crippen molar-refractivity contribution in [3.05, 3.63) is 0 Å². The highest BCUT2D eigenvalue weighted by Crippen LogP contribution is 2.03. The van der Waals surface area contributed by atoms with Crippen LogP contribution in [-0.4, -0.2) is 12.2 Å². The Morgan fingerprint density at radius 2 is 2.14 bits per heavy atom. The first kappa shape index (κ1) is 6.89. The first-order valence-corrected chi connectivity index (χ1v) is 2.47. The number of hydrogen-bond donors (Lipinski definition) is 1. The minimum Gasteiger partial charge on any atom is -0.323 e. The lowest BCUT2D eigenvalue weighted by atomic mass is 10.0. The van der Waals surface area contributed by atoms with Crippen LogP contribution in [0.3, 0.4) is 0 Å². The Kier molecular flexibility index (Phi) is 2.23.